The summed E-state index contributed by atoms with van der Waals surface area (Å²) in [6, 6.07) is 0.873. The molecule has 1 aliphatic heterocycles. The summed E-state index contributed by atoms with van der Waals surface area (Å²) in [5, 5.41) is 6.20. The fourth-order valence-electron chi connectivity index (χ4n) is 1.21. The average Bonchev–Trinajstić information content (AvgIpc) is 2.31. The Morgan fingerprint density at radius 2 is 2.33 bits per heavy atom. The Hall–Kier alpha value is -0.280. The molecule has 1 saturated heterocycles. The van der Waals surface area contributed by atoms with Crippen LogP contribution in [0.2, 0.25) is 0 Å². The number of rotatable bonds is 3. The number of carbonyl (C=O) groups is 1. The van der Waals surface area contributed by atoms with Crippen LogP contribution in [0.15, 0.2) is 0 Å². The predicted molar refractivity (Wildman–Crippen MR) is 51.6 cm³/mol. The van der Waals surface area contributed by atoms with Gasteiger partial charge in [0.2, 0.25) is 5.91 Å². The third-order valence-electron chi connectivity index (χ3n) is 1.86. The molecule has 1 unspecified atom stereocenters. The highest BCUT2D eigenvalue weighted by Crippen LogP contribution is 2.04. The van der Waals surface area contributed by atoms with Gasteiger partial charge in [-0.25, -0.2) is 0 Å². The minimum atomic E-state index is 0. The van der Waals surface area contributed by atoms with Crippen molar-refractivity contribution in [3.8, 4) is 0 Å². The van der Waals surface area contributed by atoms with Crippen LogP contribution < -0.4 is 10.6 Å². The second kappa shape index (κ2) is 5.38. The van der Waals surface area contributed by atoms with Crippen molar-refractivity contribution in [2.45, 2.75) is 38.8 Å². The summed E-state index contributed by atoms with van der Waals surface area (Å²) < 4.78 is 0. The number of halogens is 1. The van der Waals surface area contributed by atoms with Crippen molar-refractivity contribution >= 4 is 18.3 Å². The smallest absolute Gasteiger partial charge is 0.220 e. The molecule has 72 valence electrons. The quantitative estimate of drug-likeness (QED) is 0.691. The molecule has 0 aromatic rings. The molecule has 1 amide bonds. The molecule has 4 heteroatoms. The van der Waals surface area contributed by atoms with Crippen LogP contribution in [-0.4, -0.2) is 24.5 Å². The predicted octanol–water partition coefficient (Wildman–Crippen LogP) is 0.685. The van der Waals surface area contributed by atoms with Crippen molar-refractivity contribution in [2.24, 2.45) is 0 Å². The van der Waals surface area contributed by atoms with Crippen molar-refractivity contribution in [1.29, 1.82) is 0 Å². The summed E-state index contributed by atoms with van der Waals surface area (Å²) in [4.78, 5) is 10.8. The minimum absolute atomic E-state index is 0. The van der Waals surface area contributed by atoms with Crippen molar-refractivity contribution in [3.05, 3.63) is 0 Å². The van der Waals surface area contributed by atoms with Gasteiger partial charge in [-0.2, -0.15) is 0 Å². The lowest BCUT2D eigenvalue weighted by Gasteiger charge is -2.13. The zero-order valence-electron chi connectivity index (χ0n) is 7.59. The highest BCUT2D eigenvalue weighted by molar-refractivity contribution is 5.85. The van der Waals surface area contributed by atoms with E-state index in [4.69, 9.17) is 0 Å². The Kier molecular flexibility index (Phi) is 5.25. The summed E-state index contributed by atoms with van der Waals surface area (Å²) in [6.45, 7) is 5.12. The Balaban J connectivity index is 0.00000121. The average molecular weight is 193 g/mol. The molecule has 3 nitrogen and oxygen atoms in total. The topological polar surface area (TPSA) is 41.1 Å². The molecule has 1 atom stereocenters. The van der Waals surface area contributed by atoms with Gasteiger partial charge in [0, 0.05) is 25.0 Å². The number of carbonyl (C=O) groups excluding carboxylic acids is 1. The van der Waals surface area contributed by atoms with Crippen LogP contribution in [0, 0.1) is 0 Å². The molecular formula is C8H17ClN2O. The van der Waals surface area contributed by atoms with Crippen LogP contribution in [0.5, 0.6) is 0 Å². The lowest BCUT2D eigenvalue weighted by Crippen LogP contribution is -2.38. The normalized spacial score (nSPS) is 22.2. The van der Waals surface area contributed by atoms with E-state index in [2.05, 4.69) is 24.5 Å². The van der Waals surface area contributed by atoms with Gasteiger partial charge in [0.05, 0.1) is 0 Å². The fraction of sp³-hybridized carbons (Fsp3) is 0.875. The standard InChI is InChI=1S/C8H16N2O.ClH/c1-6(2)9-5-7-3-4-8(11)10-7;/h6-7,9H,3-5H2,1-2H3,(H,10,11);1H. The van der Waals surface area contributed by atoms with Crippen molar-refractivity contribution in [1.82, 2.24) is 10.6 Å². The first kappa shape index (κ1) is 11.7. The Morgan fingerprint density at radius 3 is 2.75 bits per heavy atom. The molecule has 1 rings (SSSR count). The first-order valence-corrected chi connectivity index (χ1v) is 4.21. The highest BCUT2D eigenvalue weighted by atomic mass is 35.5. The van der Waals surface area contributed by atoms with Gasteiger partial charge in [0.15, 0.2) is 0 Å². The molecule has 0 spiro atoms. The first-order valence-electron chi connectivity index (χ1n) is 4.21. The van der Waals surface area contributed by atoms with E-state index in [1.165, 1.54) is 0 Å². The molecule has 0 aromatic heterocycles. The number of amides is 1. The summed E-state index contributed by atoms with van der Waals surface area (Å²) in [6.07, 6.45) is 1.68. The summed E-state index contributed by atoms with van der Waals surface area (Å²) in [7, 11) is 0. The van der Waals surface area contributed by atoms with Gasteiger partial charge in [-0.1, -0.05) is 13.8 Å². The molecule has 0 radical (unpaired) electrons. The molecule has 0 bridgehead atoms. The molecule has 1 aliphatic rings. The number of hydrogen-bond acceptors (Lipinski definition) is 2. The monoisotopic (exact) mass is 192 g/mol. The van der Waals surface area contributed by atoms with Gasteiger partial charge in [0.25, 0.3) is 0 Å². The maximum absolute atomic E-state index is 10.8. The zero-order chi connectivity index (χ0) is 8.27. The van der Waals surface area contributed by atoms with Crippen molar-refractivity contribution < 1.29 is 4.79 Å². The van der Waals surface area contributed by atoms with Crippen LogP contribution in [0.1, 0.15) is 26.7 Å². The van der Waals surface area contributed by atoms with E-state index in [1.54, 1.807) is 0 Å². The summed E-state index contributed by atoms with van der Waals surface area (Å²) in [5.41, 5.74) is 0. The Labute approximate surface area is 79.7 Å². The van der Waals surface area contributed by atoms with E-state index in [0.717, 1.165) is 13.0 Å². The van der Waals surface area contributed by atoms with Crippen LogP contribution in [0.25, 0.3) is 0 Å². The number of nitrogens with one attached hydrogen (secondary N) is 2. The van der Waals surface area contributed by atoms with Crippen LogP contribution in [0.3, 0.4) is 0 Å². The van der Waals surface area contributed by atoms with Crippen LogP contribution in [-0.2, 0) is 4.79 Å². The third-order valence-corrected chi connectivity index (χ3v) is 1.86. The molecule has 0 aromatic carbocycles. The van der Waals surface area contributed by atoms with E-state index < -0.39 is 0 Å². The summed E-state index contributed by atoms with van der Waals surface area (Å²) in [5.74, 6) is 0.195. The van der Waals surface area contributed by atoms with Gasteiger partial charge in [-0.05, 0) is 6.42 Å². The van der Waals surface area contributed by atoms with E-state index in [0.29, 0.717) is 18.5 Å². The largest absolute Gasteiger partial charge is 0.352 e. The molecule has 0 aliphatic carbocycles. The molecule has 2 N–H and O–H groups in total. The molecule has 12 heavy (non-hydrogen) atoms. The van der Waals surface area contributed by atoms with Crippen molar-refractivity contribution in [2.75, 3.05) is 6.54 Å². The lowest BCUT2D eigenvalue weighted by molar-refractivity contribution is -0.119. The maximum atomic E-state index is 10.8. The molecule has 0 saturated carbocycles. The highest BCUT2D eigenvalue weighted by Gasteiger charge is 2.19. The minimum Gasteiger partial charge on any atom is -0.352 e. The first-order chi connectivity index (χ1) is 5.18. The zero-order valence-corrected chi connectivity index (χ0v) is 8.41. The summed E-state index contributed by atoms with van der Waals surface area (Å²) >= 11 is 0. The van der Waals surface area contributed by atoms with E-state index in [9.17, 15) is 4.79 Å². The van der Waals surface area contributed by atoms with Gasteiger partial charge in [-0.15, -0.1) is 12.4 Å². The lowest BCUT2D eigenvalue weighted by atomic mass is 10.2. The SMILES string of the molecule is CC(C)NCC1CCC(=O)N1.Cl. The second-order valence-electron chi connectivity index (χ2n) is 3.37. The Morgan fingerprint density at radius 1 is 1.67 bits per heavy atom. The fourth-order valence-corrected chi connectivity index (χ4v) is 1.21. The van der Waals surface area contributed by atoms with Gasteiger partial charge >= 0.3 is 0 Å². The van der Waals surface area contributed by atoms with E-state index in [-0.39, 0.29) is 18.3 Å². The second-order valence-corrected chi connectivity index (χ2v) is 3.37. The van der Waals surface area contributed by atoms with Crippen LogP contribution >= 0.6 is 12.4 Å². The molecule has 1 fully saturated rings. The Bertz CT molecular complexity index is 150. The van der Waals surface area contributed by atoms with Gasteiger partial charge in [-0.3, -0.25) is 4.79 Å². The molecule has 1 heterocycles. The van der Waals surface area contributed by atoms with Crippen LogP contribution in [0.4, 0.5) is 0 Å². The van der Waals surface area contributed by atoms with Gasteiger partial charge in [0.1, 0.15) is 0 Å². The third kappa shape index (κ3) is 3.93. The van der Waals surface area contributed by atoms with Gasteiger partial charge < -0.3 is 10.6 Å². The molecular weight excluding hydrogens is 176 g/mol. The number of hydrogen-bond donors (Lipinski definition) is 2. The maximum Gasteiger partial charge on any atom is 0.220 e. The van der Waals surface area contributed by atoms with E-state index in [1.807, 2.05) is 0 Å². The van der Waals surface area contributed by atoms with Crippen molar-refractivity contribution in [3.63, 3.8) is 0 Å². The van der Waals surface area contributed by atoms with E-state index >= 15 is 0 Å².